The zero-order chi connectivity index (χ0) is 44.6. The monoisotopic (exact) mass is 874 g/mol. The van der Waals surface area contributed by atoms with Gasteiger partial charge in [-0.25, -0.2) is 0 Å². The summed E-state index contributed by atoms with van der Waals surface area (Å²) in [4.78, 5) is 47.5. The van der Waals surface area contributed by atoms with Crippen LogP contribution in [0.4, 0.5) is 4.79 Å². The lowest BCUT2D eigenvalue weighted by Gasteiger charge is -2.51. The van der Waals surface area contributed by atoms with Crippen LogP contribution in [-0.4, -0.2) is 234 Å². The van der Waals surface area contributed by atoms with Crippen molar-refractivity contribution in [2.45, 2.75) is 136 Å². The molecule has 4 rings (SSSR count). The average Bonchev–Trinajstić information content (AvgIpc) is 3.19. The number of aliphatic hydroxyl groups is 8. The second-order valence-electron chi connectivity index (χ2n) is 14.3. The molecule has 20 atom stereocenters. The molecule has 27 heteroatoms. The fourth-order valence-electron chi connectivity index (χ4n) is 7.56. The number of carboxylic acid groups (broad SMARTS) is 2. The maximum atomic E-state index is 12.4. The highest BCUT2D eigenvalue weighted by Gasteiger charge is 2.56. The number of hydrogen-bond donors (Lipinski definition) is 12. The number of carbonyl (C=O) groups is 4. The maximum absolute atomic E-state index is 12.4. The number of carbonyl (C=O) groups excluding carboxylic acids is 4. The summed E-state index contributed by atoms with van der Waals surface area (Å²) >= 11 is 0. The van der Waals surface area contributed by atoms with Gasteiger partial charge in [-0.2, -0.15) is 0 Å². The van der Waals surface area contributed by atoms with Crippen molar-refractivity contribution in [3.8, 4) is 0 Å². The molecule has 0 aromatic carbocycles. The van der Waals surface area contributed by atoms with E-state index in [2.05, 4.69) is 16.0 Å². The minimum atomic E-state index is -1.95. The predicted octanol–water partition coefficient (Wildman–Crippen LogP) is -10.9. The van der Waals surface area contributed by atoms with Crippen LogP contribution in [0.1, 0.15) is 13.8 Å². The van der Waals surface area contributed by atoms with E-state index in [4.69, 9.17) is 42.6 Å². The van der Waals surface area contributed by atoms with Crippen LogP contribution in [0, 0.1) is 0 Å². The molecule has 60 heavy (non-hydrogen) atoms. The summed E-state index contributed by atoms with van der Waals surface area (Å²) in [5, 5.41) is 119. The lowest BCUT2D eigenvalue weighted by atomic mass is 9.93. The summed E-state index contributed by atoms with van der Waals surface area (Å²) < 4.78 is 51.4. The summed E-state index contributed by atoms with van der Waals surface area (Å²) in [6.45, 7) is -2.22. The van der Waals surface area contributed by atoms with Gasteiger partial charge >= 0.3 is 0 Å². The van der Waals surface area contributed by atoms with Gasteiger partial charge in [-0.1, -0.05) is 0 Å². The normalized spacial score (nSPS) is 42.2. The Bertz CT molecular complexity index is 1420. The van der Waals surface area contributed by atoms with E-state index in [1.807, 2.05) is 5.32 Å². The first-order valence-electron chi connectivity index (χ1n) is 18.7. The third-order valence-electron chi connectivity index (χ3n) is 10.3. The molecule has 4 aliphatic heterocycles. The van der Waals surface area contributed by atoms with Crippen LogP contribution < -0.4 is 31.5 Å². The molecule has 0 spiro atoms. The number of aliphatic hydroxyl groups excluding tert-OH is 8. The summed E-state index contributed by atoms with van der Waals surface area (Å²) in [5.41, 5.74) is 0. The molecule has 12 N–H and O–H groups in total. The molecule has 0 saturated carbocycles. The lowest BCUT2D eigenvalue weighted by molar-refractivity contribution is -0.363. The summed E-state index contributed by atoms with van der Waals surface area (Å²) in [5.74, 6) is -3.11. The maximum Gasteiger partial charge on any atom is 0.217 e. The third kappa shape index (κ3) is 11.5. The van der Waals surface area contributed by atoms with E-state index >= 15 is 0 Å². The van der Waals surface area contributed by atoms with Crippen molar-refractivity contribution in [3.63, 3.8) is 0 Å². The highest BCUT2D eigenvalue weighted by molar-refractivity contribution is 5.73. The van der Waals surface area contributed by atoms with Crippen LogP contribution in [0.25, 0.3) is 0 Å². The zero-order valence-electron chi connectivity index (χ0n) is 32.8. The summed E-state index contributed by atoms with van der Waals surface area (Å²) in [6, 6.07) is -6.26. The fraction of sp³-hybridized carbons (Fsp3) is 0.879. The van der Waals surface area contributed by atoms with Gasteiger partial charge in [0.15, 0.2) is 25.2 Å². The SMILES string of the molecule is COC1OC(CO)C(OC2OC(CO)C(OC3OC(CO)C(OC4OC(CO)C(OC)C(O)C4NC(C)=O)C(O)C3NCC(=O)[O-])C(O)C2NC(C)=O)C(O)C1NC(=O)[O-]. The van der Waals surface area contributed by atoms with Gasteiger partial charge in [-0.15, -0.1) is 0 Å². The first-order valence-corrected chi connectivity index (χ1v) is 18.7. The topological polar surface area (TPSA) is 407 Å². The summed E-state index contributed by atoms with van der Waals surface area (Å²) in [6.07, 6.45) is -28.0. The van der Waals surface area contributed by atoms with Crippen LogP contribution in [0.2, 0.25) is 0 Å². The third-order valence-corrected chi connectivity index (χ3v) is 10.3. The number of nitrogens with one attached hydrogen (secondary N) is 4. The summed E-state index contributed by atoms with van der Waals surface area (Å²) in [7, 11) is 2.35. The van der Waals surface area contributed by atoms with Gasteiger partial charge in [0.1, 0.15) is 97.5 Å². The Morgan fingerprint density at radius 2 is 0.850 bits per heavy atom. The van der Waals surface area contributed by atoms with Crippen LogP contribution in [0.15, 0.2) is 0 Å². The van der Waals surface area contributed by atoms with Crippen molar-refractivity contribution in [3.05, 3.63) is 0 Å². The predicted molar refractivity (Wildman–Crippen MR) is 184 cm³/mol. The number of hydrogen-bond acceptors (Lipinski definition) is 24. The molecule has 0 aliphatic carbocycles. The number of ether oxygens (including phenoxy) is 9. The van der Waals surface area contributed by atoms with Crippen LogP contribution in [-0.2, 0) is 57.0 Å². The standard InChI is InChI=1S/C33H56N4O23/c1-10(42)35-19-22(47)25(52-3)12(6-38)55-31(19)59-26-14(8-40)56-30(17(21(26)46)34-5-16(44)45)58-28-15(9-41)57-32(20(24(28)49)36-11(2)43)60-27-13(7-39)54-29(53-4)18(23(27)48)37-33(50)51/h12-15,17-32,34,37-41,46-49H,5-9H2,1-4H3,(H,35,42)(H,36,43)(H,44,45)(H,50,51)/p-2. The van der Waals surface area contributed by atoms with Crippen LogP contribution >= 0.6 is 0 Å². The quantitative estimate of drug-likeness (QED) is 0.0608. The van der Waals surface area contributed by atoms with E-state index in [1.165, 1.54) is 7.11 Å². The highest BCUT2D eigenvalue weighted by Crippen LogP contribution is 2.35. The molecule has 0 aromatic rings. The van der Waals surface area contributed by atoms with Crippen molar-refractivity contribution < 1.29 is 113 Å². The molecule has 4 fully saturated rings. The molecule has 20 unspecified atom stereocenters. The molecule has 4 saturated heterocycles. The molecule has 0 radical (unpaired) electrons. The molecule has 4 heterocycles. The Morgan fingerprint density at radius 3 is 1.18 bits per heavy atom. The molecular weight excluding hydrogens is 820 g/mol. The number of amides is 3. The van der Waals surface area contributed by atoms with Gasteiger partial charge in [0.2, 0.25) is 11.8 Å². The minimum Gasteiger partial charge on any atom is -0.549 e. The molecule has 27 nitrogen and oxygen atoms in total. The van der Waals surface area contributed by atoms with Gasteiger partial charge in [0.05, 0.1) is 38.4 Å². The van der Waals surface area contributed by atoms with E-state index in [0.29, 0.717) is 0 Å². The smallest absolute Gasteiger partial charge is 0.217 e. The lowest BCUT2D eigenvalue weighted by Crippen LogP contribution is -2.72. The second kappa shape index (κ2) is 22.4. The van der Waals surface area contributed by atoms with Gasteiger partial charge in [0, 0.05) is 34.6 Å². The van der Waals surface area contributed by atoms with Crippen molar-refractivity contribution >= 4 is 23.9 Å². The van der Waals surface area contributed by atoms with E-state index in [-0.39, 0.29) is 0 Å². The van der Waals surface area contributed by atoms with E-state index in [0.717, 1.165) is 21.0 Å². The van der Waals surface area contributed by atoms with Gasteiger partial charge < -0.3 is 125 Å². The first-order chi connectivity index (χ1) is 28.4. The van der Waals surface area contributed by atoms with Crippen molar-refractivity contribution in [2.75, 3.05) is 47.2 Å². The number of carboxylic acids is 1. The highest BCUT2D eigenvalue weighted by atomic mass is 16.8. The molecular formula is C33H54N4O23-2. The Hall–Kier alpha value is -3.04. The second-order valence-corrected chi connectivity index (χ2v) is 14.3. The molecule has 4 aliphatic rings. The van der Waals surface area contributed by atoms with Crippen LogP contribution in [0.3, 0.4) is 0 Å². The number of rotatable bonds is 18. The Balaban J connectivity index is 1.63. The number of aliphatic carboxylic acids is 1. The Kier molecular flexibility index (Phi) is 18.5. The first kappa shape index (κ1) is 49.6. The minimum absolute atomic E-state index is 0.653. The largest absolute Gasteiger partial charge is 0.549 e. The number of methoxy groups -OCH3 is 2. The van der Waals surface area contributed by atoms with E-state index < -0.39 is 179 Å². The van der Waals surface area contributed by atoms with Gasteiger partial charge in [0.25, 0.3) is 0 Å². The Morgan fingerprint density at radius 1 is 0.517 bits per heavy atom. The molecule has 346 valence electrons. The van der Waals surface area contributed by atoms with Gasteiger partial charge in [-0.05, 0) is 0 Å². The average molecular weight is 875 g/mol. The fourth-order valence-corrected chi connectivity index (χ4v) is 7.56. The molecule has 0 aromatic heterocycles. The van der Waals surface area contributed by atoms with E-state index in [9.17, 15) is 70.2 Å². The van der Waals surface area contributed by atoms with E-state index in [1.54, 1.807) is 0 Å². The molecule has 0 bridgehead atoms. The Labute approximate surface area is 341 Å². The van der Waals surface area contributed by atoms with Crippen molar-refractivity contribution in [1.82, 2.24) is 21.3 Å². The van der Waals surface area contributed by atoms with Crippen molar-refractivity contribution in [1.29, 1.82) is 0 Å². The zero-order valence-corrected chi connectivity index (χ0v) is 32.8. The van der Waals surface area contributed by atoms with Crippen molar-refractivity contribution in [2.24, 2.45) is 0 Å². The van der Waals surface area contributed by atoms with Gasteiger partial charge in [-0.3, -0.25) is 9.59 Å². The molecule has 3 amide bonds. The van der Waals surface area contributed by atoms with Crippen LogP contribution in [0.5, 0.6) is 0 Å².